The minimum atomic E-state index is -0.269. The third-order valence-corrected chi connectivity index (χ3v) is 3.90. The molecule has 0 aliphatic rings. The molecule has 1 aromatic carbocycles. The normalized spacial score (nSPS) is 10.6. The number of carbonyl (C=O) groups excluding carboxylic acids is 1. The highest BCUT2D eigenvalue weighted by molar-refractivity contribution is 6.02. The lowest BCUT2D eigenvalue weighted by Gasteiger charge is -2.09. The highest BCUT2D eigenvalue weighted by atomic mass is 16.1. The van der Waals surface area contributed by atoms with Crippen LogP contribution in [0, 0.1) is 0 Å². The summed E-state index contributed by atoms with van der Waals surface area (Å²) in [5, 5.41) is 5.96. The van der Waals surface area contributed by atoms with Gasteiger partial charge in [0.15, 0.2) is 0 Å². The maximum Gasteiger partial charge on any atom is 0.274 e. The first-order valence-corrected chi connectivity index (χ1v) is 8.49. The Bertz CT molecular complexity index is 863. The molecule has 132 valence electrons. The van der Waals surface area contributed by atoms with Crippen LogP contribution < -0.4 is 10.6 Å². The number of hydrogen-bond donors (Lipinski definition) is 2. The summed E-state index contributed by atoms with van der Waals surface area (Å²) >= 11 is 0. The van der Waals surface area contributed by atoms with E-state index >= 15 is 0 Å². The van der Waals surface area contributed by atoms with E-state index in [2.05, 4.69) is 39.4 Å². The van der Waals surface area contributed by atoms with Crippen molar-refractivity contribution in [2.45, 2.75) is 26.3 Å². The fourth-order valence-corrected chi connectivity index (χ4v) is 2.40. The molecule has 0 fully saturated rings. The number of anilines is 2. The first-order valence-electron chi connectivity index (χ1n) is 8.49. The molecule has 0 spiro atoms. The molecular weight excluding hydrogens is 326 g/mol. The minimum absolute atomic E-state index is 0.269. The third kappa shape index (κ3) is 4.63. The Morgan fingerprint density at radius 1 is 1.08 bits per heavy atom. The van der Waals surface area contributed by atoms with Gasteiger partial charge in [-0.2, -0.15) is 0 Å². The number of benzene rings is 1. The van der Waals surface area contributed by atoms with Gasteiger partial charge in [-0.1, -0.05) is 32.0 Å². The van der Waals surface area contributed by atoms with Gasteiger partial charge in [-0.05, 0) is 41.3 Å². The summed E-state index contributed by atoms with van der Waals surface area (Å²) in [7, 11) is 0. The minimum Gasteiger partial charge on any atom is -0.350 e. The van der Waals surface area contributed by atoms with Crippen molar-refractivity contribution in [1.82, 2.24) is 15.0 Å². The van der Waals surface area contributed by atoms with E-state index < -0.39 is 0 Å². The molecule has 0 unspecified atom stereocenters. The molecule has 6 nitrogen and oxygen atoms in total. The molecule has 0 radical (unpaired) electrons. The van der Waals surface area contributed by atoms with Gasteiger partial charge in [0.05, 0.1) is 0 Å². The second kappa shape index (κ2) is 8.20. The summed E-state index contributed by atoms with van der Waals surface area (Å²) in [6.45, 7) is 4.80. The fourth-order valence-electron chi connectivity index (χ4n) is 2.40. The van der Waals surface area contributed by atoms with Crippen LogP contribution >= 0.6 is 0 Å². The quantitative estimate of drug-likeness (QED) is 0.708. The highest BCUT2D eigenvalue weighted by Gasteiger charge is 2.10. The van der Waals surface area contributed by atoms with Crippen molar-refractivity contribution in [2.75, 3.05) is 10.6 Å². The average molecular weight is 347 g/mol. The van der Waals surface area contributed by atoms with E-state index in [9.17, 15) is 4.79 Å². The van der Waals surface area contributed by atoms with E-state index in [1.807, 2.05) is 36.4 Å². The van der Waals surface area contributed by atoms with Gasteiger partial charge >= 0.3 is 0 Å². The zero-order valence-corrected chi connectivity index (χ0v) is 14.8. The molecule has 0 saturated heterocycles. The lowest BCUT2D eigenvalue weighted by molar-refractivity contribution is 0.102. The van der Waals surface area contributed by atoms with Gasteiger partial charge in [-0.3, -0.25) is 9.78 Å². The summed E-state index contributed by atoms with van der Waals surface area (Å²) in [6.07, 6.45) is 5.05. The van der Waals surface area contributed by atoms with E-state index in [1.165, 1.54) is 5.56 Å². The van der Waals surface area contributed by atoms with Crippen LogP contribution in [0.2, 0.25) is 0 Å². The van der Waals surface area contributed by atoms with Gasteiger partial charge in [0.1, 0.15) is 5.69 Å². The smallest absolute Gasteiger partial charge is 0.274 e. The molecule has 3 rings (SSSR count). The summed E-state index contributed by atoms with van der Waals surface area (Å²) in [5.41, 5.74) is 3.28. The topological polar surface area (TPSA) is 79.8 Å². The molecular formula is C20H21N5O. The van der Waals surface area contributed by atoms with Crippen LogP contribution in [0.1, 0.15) is 41.4 Å². The van der Waals surface area contributed by atoms with E-state index in [-0.39, 0.29) is 5.91 Å². The number of hydrogen-bond acceptors (Lipinski definition) is 5. The summed E-state index contributed by atoms with van der Waals surface area (Å²) in [5.74, 6) is 0.584. The van der Waals surface area contributed by atoms with Crippen LogP contribution in [0.4, 0.5) is 11.6 Å². The maximum absolute atomic E-state index is 12.4. The number of pyridine rings is 1. The van der Waals surface area contributed by atoms with Crippen molar-refractivity contribution < 1.29 is 4.79 Å². The first-order chi connectivity index (χ1) is 12.6. The second-order valence-corrected chi connectivity index (χ2v) is 6.21. The maximum atomic E-state index is 12.4. The Morgan fingerprint density at radius 3 is 2.58 bits per heavy atom. The summed E-state index contributed by atoms with van der Waals surface area (Å²) in [6, 6.07) is 13.2. The van der Waals surface area contributed by atoms with Crippen molar-refractivity contribution in [3.8, 4) is 0 Å². The molecule has 0 aliphatic carbocycles. The molecule has 0 atom stereocenters. The molecule has 26 heavy (non-hydrogen) atoms. The number of aromatic nitrogens is 3. The van der Waals surface area contributed by atoms with Gasteiger partial charge in [0.25, 0.3) is 5.91 Å². The highest BCUT2D eigenvalue weighted by Crippen LogP contribution is 2.17. The van der Waals surface area contributed by atoms with E-state index in [1.54, 1.807) is 24.7 Å². The van der Waals surface area contributed by atoms with Gasteiger partial charge in [0.2, 0.25) is 5.95 Å². The lowest BCUT2D eigenvalue weighted by Crippen LogP contribution is -2.15. The van der Waals surface area contributed by atoms with Crippen molar-refractivity contribution in [1.29, 1.82) is 0 Å². The van der Waals surface area contributed by atoms with Crippen molar-refractivity contribution in [3.63, 3.8) is 0 Å². The van der Waals surface area contributed by atoms with Crippen molar-refractivity contribution in [2.24, 2.45) is 0 Å². The van der Waals surface area contributed by atoms with E-state index in [0.29, 0.717) is 24.1 Å². The molecule has 2 heterocycles. The predicted octanol–water partition coefficient (Wildman–Crippen LogP) is 3.86. The zero-order valence-electron chi connectivity index (χ0n) is 14.8. The second-order valence-electron chi connectivity index (χ2n) is 6.21. The molecule has 2 N–H and O–H groups in total. The molecule has 0 aliphatic heterocycles. The van der Waals surface area contributed by atoms with Gasteiger partial charge in [-0.15, -0.1) is 0 Å². The largest absolute Gasteiger partial charge is 0.350 e. The standard InChI is InChI=1S/C20H21N5O/c1-14(2)16-5-7-17(8-6-16)24-19(26)18-9-11-22-20(25-18)23-13-15-4-3-10-21-12-15/h3-12,14H,13H2,1-2H3,(H,24,26)(H,22,23,25). The van der Waals surface area contributed by atoms with Crippen molar-refractivity contribution in [3.05, 3.63) is 77.9 Å². The Kier molecular flexibility index (Phi) is 5.53. The number of carbonyl (C=O) groups is 1. The Hall–Kier alpha value is -3.28. The fraction of sp³-hybridized carbons (Fsp3) is 0.200. The number of nitrogens with one attached hydrogen (secondary N) is 2. The molecule has 3 aromatic rings. The van der Waals surface area contributed by atoms with Crippen LogP contribution in [0.5, 0.6) is 0 Å². The lowest BCUT2D eigenvalue weighted by atomic mass is 10.0. The molecule has 1 amide bonds. The number of amides is 1. The number of nitrogens with zero attached hydrogens (tertiary/aromatic N) is 3. The molecule has 0 bridgehead atoms. The summed E-state index contributed by atoms with van der Waals surface area (Å²) in [4.78, 5) is 24.9. The Morgan fingerprint density at radius 2 is 1.88 bits per heavy atom. The van der Waals surface area contributed by atoms with Crippen molar-refractivity contribution >= 4 is 17.5 Å². The van der Waals surface area contributed by atoms with Crippen LogP contribution in [0.3, 0.4) is 0 Å². The van der Waals surface area contributed by atoms with Crippen LogP contribution in [0.25, 0.3) is 0 Å². The third-order valence-electron chi connectivity index (χ3n) is 3.90. The van der Waals surface area contributed by atoms with Gasteiger partial charge in [-0.25, -0.2) is 9.97 Å². The first kappa shape index (κ1) is 17.5. The SMILES string of the molecule is CC(C)c1ccc(NC(=O)c2ccnc(NCc3cccnc3)n2)cc1. The zero-order chi connectivity index (χ0) is 18.4. The van der Waals surface area contributed by atoms with Gasteiger partial charge < -0.3 is 10.6 Å². The van der Waals surface area contributed by atoms with E-state index in [4.69, 9.17) is 0 Å². The molecule has 0 saturated carbocycles. The van der Waals surface area contributed by atoms with Gasteiger partial charge in [0, 0.05) is 30.8 Å². The predicted molar refractivity (Wildman–Crippen MR) is 102 cm³/mol. The Balaban J connectivity index is 1.64. The van der Waals surface area contributed by atoms with Crippen LogP contribution in [-0.2, 0) is 6.54 Å². The number of rotatable bonds is 6. The average Bonchev–Trinajstić information content (AvgIpc) is 2.68. The van der Waals surface area contributed by atoms with E-state index in [0.717, 1.165) is 11.3 Å². The Labute approximate surface area is 152 Å². The molecule has 6 heteroatoms. The monoisotopic (exact) mass is 347 g/mol. The van der Waals surface area contributed by atoms with Crippen LogP contribution in [0.15, 0.2) is 61.1 Å². The van der Waals surface area contributed by atoms with Crippen LogP contribution in [-0.4, -0.2) is 20.9 Å². The summed E-state index contributed by atoms with van der Waals surface area (Å²) < 4.78 is 0. The molecule has 2 aromatic heterocycles.